The van der Waals surface area contributed by atoms with E-state index in [0.29, 0.717) is 12.6 Å². The third-order valence-electron chi connectivity index (χ3n) is 5.09. The van der Waals surface area contributed by atoms with Crippen LogP contribution in [-0.4, -0.2) is 0 Å². The third kappa shape index (κ3) is 1.78. The number of aromatic nitrogens is 1. The fraction of sp³-hybridized carbons (Fsp3) is 0.190. The first kappa shape index (κ1) is 12.9. The Kier molecular flexibility index (Phi) is 2.63. The van der Waals surface area contributed by atoms with E-state index in [9.17, 15) is 0 Å². The van der Waals surface area contributed by atoms with Crippen molar-refractivity contribution in [3.8, 4) is 5.75 Å². The normalized spacial score (nSPS) is 18.7. The molecule has 0 amide bonds. The van der Waals surface area contributed by atoms with Crippen molar-refractivity contribution in [3.63, 3.8) is 0 Å². The molecule has 1 aromatic heterocycles. The topological polar surface area (TPSA) is 13.1 Å². The first-order valence-corrected chi connectivity index (χ1v) is 8.18. The van der Waals surface area contributed by atoms with E-state index in [1.807, 2.05) is 0 Å². The fourth-order valence-corrected chi connectivity index (χ4v) is 3.86. The molecule has 1 unspecified atom stereocenters. The van der Waals surface area contributed by atoms with Crippen LogP contribution in [0.25, 0.3) is 21.7 Å². The van der Waals surface area contributed by atoms with Gasteiger partial charge in [-0.1, -0.05) is 42.5 Å². The molecule has 0 bridgehead atoms. The smallest absolute Gasteiger partial charge is 0.292 e. The molecule has 3 aromatic rings. The lowest BCUT2D eigenvalue weighted by Gasteiger charge is -2.22. The zero-order valence-corrected chi connectivity index (χ0v) is 13.1. The van der Waals surface area contributed by atoms with E-state index in [4.69, 9.17) is 4.74 Å². The Hall–Kier alpha value is -2.61. The van der Waals surface area contributed by atoms with Gasteiger partial charge in [0.2, 0.25) is 5.52 Å². The molecule has 1 atom stereocenters. The summed E-state index contributed by atoms with van der Waals surface area (Å²) in [5, 5.41) is 3.80. The second-order valence-corrected chi connectivity index (χ2v) is 6.42. The van der Waals surface area contributed by atoms with Gasteiger partial charge < -0.3 is 4.74 Å². The number of allylic oxidation sites excluding steroid dienone is 4. The molecule has 2 aliphatic rings. The van der Waals surface area contributed by atoms with Crippen LogP contribution in [0, 0.1) is 6.92 Å². The zero-order valence-electron chi connectivity index (χ0n) is 13.1. The Labute approximate surface area is 135 Å². The second kappa shape index (κ2) is 4.69. The number of pyridine rings is 1. The minimum Gasteiger partial charge on any atom is -0.435 e. The molecule has 0 N–H and O–H groups in total. The zero-order chi connectivity index (χ0) is 15.4. The van der Waals surface area contributed by atoms with E-state index >= 15 is 0 Å². The van der Waals surface area contributed by atoms with Crippen molar-refractivity contribution < 1.29 is 9.30 Å². The number of hydrogen-bond acceptors (Lipinski definition) is 1. The highest BCUT2D eigenvalue weighted by molar-refractivity contribution is 6.07. The van der Waals surface area contributed by atoms with Gasteiger partial charge in [0.15, 0.2) is 5.69 Å². The molecule has 0 radical (unpaired) electrons. The minimum absolute atomic E-state index is 0.408. The van der Waals surface area contributed by atoms with Gasteiger partial charge in [-0.2, -0.15) is 4.57 Å². The van der Waals surface area contributed by atoms with Crippen LogP contribution in [0.4, 0.5) is 0 Å². The van der Waals surface area contributed by atoms with E-state index in [-0.39, 0.29) is 0 Å². The Bertz CT molecular complexity index is 1010. The molecule has 0 saturated carbocycles. The lowest BCUT2D eigenvalue weighted by Crippen LogP contribution is -2.42. The van der Waals surface area contributed by atoms with Crippen LogP contribution in [0.2, 0.25) is 0 Å². The monoisotopic (exact) mass is 300 g/mol. The predicted octanol–water partition coefficient (Wildman–Crippen LogP) is 4.54. The summed E-state index contributed by atoms with van der Waals surface area (Å²) in [6, 6.07) is 13.3. The SMILES string of the molecule is Cc1ccc2ccc3ccc(C4C=CC=CC4)c4c3c2[n+]1CO4. The predicted molar refractivity (Wildman–Crippen MR) is 92.7 cm³/mol. The van der Waals surface area contributed by atoms with Crippen LogP contribution in [0.5, 0.6) is 5.75 Å². The minimum atomic E-state index is 0.408. The van der Waals surface area contributed by atoms with Gasteiger partial charge in [0.1, 0.15) is 5.75 Å². The van der Waals surface area contributed by atoms with E-state index in [0.717, 1.165) is 12.2 Å². The van der Waals surface area contributed by atoms with Gasteiger partial charge >= 0.3 is 0 Å². The molecule has 0 saturated heterocycles. The first-order valence-electron chi connectivity index (χ1n) is 8.18. The van der Waals surface area contributed by atoms with Crippen LogP contribution < -0.4 is 9.30 Å². The summed E-state index contributed by atoms with van der Waals surface area (Å²) < 4.78 is 8.54. The maximum Gasteiger partial charge on any atom is 0.292 e. The van der Waals surface area contributed by atoms with Crippen molar-refractivity contribution in [1.82, 2.24) is 0 Å². The number of rotatable bonds is 1. The van der Waals surface area contributed by atoms with Gasteiger partial charge in [-0.05, 0) is 23.9 Å². The molecule has 112 valence electrons. The highest BCUT2D eigenvalue weighted by atomic mass is 16.5. The Balaban J connectivity index is 1.89. The van der Waals surface area contributed by atoms with Crippen molar-refractivity contribution in [2.75, 3.05) is 0 Å². The maximum atomic E-state index is 6.26. The number of hydrogen-bond donors (Lipinski definition) is 0. The average Bonchev–Trinajstić information content (AvgIpc) is 2.62. The van der Waals surface area contributed by atoms with E-state index < -0.39 is 0 Å². The average molecular weight is 300 g/mol. The van der Waals surface area contributed by atoms with Gasteiger partial charge in [-0.3, -0.25) is 0 Å². The summed E-state index contributed by atoms with van der Waals surface area (Å²) in [6.45, 7) is 2.74. The molecule has 0 fully saturated rings. The van der Waals surface area contributed by atoms with Crippen molar-refractivity contribution >= 4 is 21.7 Å². The van der Waals surface area contributed by atoms with Gasteiger partial charge in [0.05, 0.1) is 5.39 Å². The van der Waals surface area contributed by atoms with Crippen LogP contribution in [0.15, 0.2) is 60.7 Å². The summed E-state index contributed by atoms with van der Waals surface area (Å²) >= 11 is 0. The van der Waals surface area contributed by atoms with Crippen molar-refractivity contribution in [1.29, 1.82) is 0 Å². The number of benzene rings is 2. The highest BCUT2D eigenvalue weighted by Gasteiger charge is 2.27. The van der Waals surface area contributed by atoms with E-state index in [1.165, 1.54) is 32.9 Å². The summed E-state index contributed by atoms with van der Waals surface area (Å²) in [5.41, 5.74) is 3.85. The van der Waals surface area contributed by atoms with Crippen LogP contribution in [-0.2, 0) is 6.73 Å². The fourth-order valence-electron chi connectivity index (χ4n) is 3.86. The molecule has 2 heteroatoms. The molecule has 23 heavy (non-hydrogen) atoms. The maximum absolute atomic E-state index is 6.26. The Morgan fingerprint density at radius 3 is 2.70 bits per heavy atom. The molecule has 2 aromatic carbocycles. The highest BCUT2D eigenvalue weighted by Crippen LogP contribution is 2.41. The summed E-state index contributed by atoms with van der Waals surface area (Å²) in [4.78, 5) is 0. The number of aryl methyl sites for hydroxylation is 1. The molecule has 1 aliphatic carbocycles. The number of nitrogens with zero attached hydrogens (tertiary/aromatic N) is 1. The molecule has 0 spiro atoms. The van der Waals surface area contributed by atoms with E-state index in [1.54, 1.807) is 0 Å². The molecule has 2 heterocycles. The second-order valence-electron chi connectivity index (χ2n) is 6.42. The van der Waals surface area contributed by atoms with Crippen molar-refractivity contribution in [2.24, 2.45) is 0 Å². The summed E-state index contributed by atoms with van der Waals surface area (Å²) in [7, 11) is 0. The van der Waals surface area contributed by atoms with Crippen molar-refractivity contribution in [3.05, 3.63) is 72.0 Å². The molecule has 5 rings (SSSR count). The van der Waals surface area contributed by atoms with Gasteiger partial charge in [0, 0.05) is 29.9 Å². The van der Waals surface area contributed by atoms with Crippen LogP contribution in [0.3, 0.4) is 0 Å². The number of ether oxygens (including phenoxy) is 1. The van der Waals surface area contributed by atoms with E-state index in [2.05, 4.69) is 72.2 Å². The van der Waals surface area contributed by atoms with Crippen LogP contribution in [0.1, 0.15) is 23.6 Å². The quantitative estimate of drug-likeness (QED) is 0.475. The Morgan fingerprint density at radius 2 is 1.83 bits per heavy atom. The van der Waals surface area contributed by atoms with Gasteiger partial charge in [0.25, 0.3) is 6.73 Å². The lowest BCUT2D eigenvalue weighted by molar-refractivity contribution is -0.707. The molecular formula is C21H18NO+. The lowest BCUT2D eigenvalue weighted by atomic mass is 9.89. The van der Waals surface area contributed by atoms with Crippen molar-refractivity contribution in [2.45, 2.75) is 26.0 Å². The van der Waals surface area contributed by atoms with Gasteiger partial charge in [-0.15, -0.1) is 0 Å². The molecule has 2 nitrogen and oxygen atoms in total. The van der Waals surface area contributed by atoms with Crippen LogP contribution >= 0.6 is 0 Å². The van der Waals surface area contributed by atoms with Gasteiger partial charge in [-0.25, -0.2) is 0 Å². The Morgan fingerprint density at radius 1 is 1.00 bits per heavy atom. The first-order chi connectivity index (χ1) is 11.3. The summed E-state index contributed by atoms with van der Waals surface area (Å²) in [6.07, 6.45) is 9.82. The third-order valence-corrected chi connectivity index (χ3v) is 5.09. The molecular weight excluding hydrogens is 282 g/mol. The largest absolute Gasteiger partial charge is 0.435 e. The summed E-state index contributed by atoms with van der Waals surface area (Å²) in [5.74, 6) is 1.48. The standard InChI is InChI=1S/C21H18NO/c1-14-7-8-17-10-9-16-11-12-18(15-5-3-2-4-6-15)21-19(16)20(17)22(14)13-23-21/h2-5,7-12,15H,6,13H2,1H3/q+1. The molecule has 1 aliphatic heterocycles.